The molecule has 0 aliphatic heterocycles. The van der Waals surface area contributed by atoms with E-state index < -0.39 is 10.0 Å². The molecule has 2 N–H and O–H groups in total. The van der Waals surface area contributed by atoms with Crippen LogP contribution in [-0.2, 0) is 10.0 Å². The summed E-state index contributed by atoms with van der Waals surface area (Å²) < 4.78 is 26.8. The highest BCUT2D eigenvalue weighted by Crippen LogP contribution is 2.17. The molecule has 118 valence electrons. The van der Waals surface area contributed by atoms with Gasteiger partial charge in [-0.1, -0.05) is 43.4 Å². The summed E-state index contributed by atoms with van der Waals surface area (Å²) in [5.74, 6) is 0. The van der Waals surface area contributed by atoms with Gasteiger partial charge in [-0.3, -0.25) is 0 Å². The van der Waals surface area contributed by atoms with Crippen LogP contribution in [0.15, 0.2) is 29.2 Å². The second-order valence-electron chi connectivity index (χ2n) is 5.50. The SMILES string of the molecule is O=S(=O)(NCCNC1CCCCCC1)c1cccc(Cl)c1. The first-order valence-corrected chi connectivity index (χ1v) is 9.43. The van der Waals surface area contributed by atoms with E-state index in [4.69, 9.17) is 11.6 Å². The first-order valence-electron chi connectivity index (χ1n) is 7.56. The zero-order valence-electron chi connectivity index (χ0n) is 12.1. The number of halogens is 1. The molecule has 0 atom stereocenters. The minimum absolute atomic E-state index is 0.212. The van der Waals surface area contributed by atoms with Crippen molar-refractivity contribution in [1.82, 2.24) is 10.0 Å². The molecule has 6 heteroatoms. The molecule has 1 aromatic carbocycles. The highest BCUT2D eigenvalue weighted by Gasteiger charge is 2.14. The van der Waals surface area contributed by atoms with Gasteiger partial charge in [0.1, 0.15) is 0 Å². The van der Waals surface area contributed by atoms with Crippen molar-refractivity contribution in [3.8, 4) is 0 Å². The molecule has 1 aliphatic carbocycles. The highest BCUT2D eigenvalue weighted by molar-refractivity contribution is 7.89. The van der Waals surface area contributed by atoms with Gasteiger partial charge in [-0.25, -0.2) is 13.1 Å². The molecule has 0 bridgehead atoms. The van der Waals surface area contributed by atoms with E-state index in [9.17, 15) is 8.42 Å². The fourth-order valence-corrected chi connectivity index (χ4v) is 3.99. The van der Waals surface area contributed by atoms with Crippen LogP contribution in [0.5, 0.6) is 0 Å². The second-order valence-corrected chi connectivity index (χ2v) is 7.70. The molecular weight excluding hydrogens is 308 g/mol. The minimum atomic E-state index is -3.47. The van der Waals surface area contributed by atoms with Crippen LogP contribution in [-0.4, -0.2) is 27.5 Å². The molecule has 0 radical (unpaired) electrons. The van der Waals surface area contributed by atoms with Gasteiger partial charge in [0, 0.05) is 24.2 Å². The molecule has 2 rings (SSSR count). The zero-order valence-corrected chi connectivity index (χ0v) is 13.7. The van der Waals surface area contributed by atoms with Gasteiger partial charge in [-0.05, 0) is 31.0 Å². The van der Waals surface area contributed by atoms with Crippen molar-refractivity contribution < 1.29 is 8.42 Å². The van der Waals surface area contributed by atoms with Crippen molar-refractivity contribution in [2.24, 2.45) is 0 Å². The van der Waals surface area contributed by atoms with Crippen molar-refractivity contribution in [2.45, 2.75) is 49.5 Å². The summed E-state index contributed by atoms with van der Waals surface area (Å²) in [7, 11) is -3.47. The Labute approximate surface area is 132 Å². The first-order chi connectivity index (χ1) is 10.1. The summed E-state index contributed by atoms with van der Waals surface area (Å²) in [5.41, 5.74) is 0. The molecule has 0 saturated heterocycles. The van der Waals surface area contributed by atoms with Crippen LogP contribution < -0.4 is 10.0 Å². The minimum Gasteiger partial charge on any atom is -0.313 e. The number of nitrogens with one attached hydrogen (secondary N) is 2. The molecule has 1 fully saturated rings. The van der Waals surface area contributed by atoms with Gasteiger partial charge in [0.15, 0.2) is 0 Å². The predicted octanol–water partition coefficient (Wildman–Crippen LogP) is 2.93. The largest absolute Gasteiger partial charge is 0.313 e. The van der Waals surface area contributed by atoms with E-state index in [2.05, 4.69) is 10.0 Å². The maximum Gasteiger partial charge on any atom is 0.240 e. The van der Waals surface area contributed by atoms with Gasteiger partial charge >= 0.3 is 0 Å². The summed E-state index contributed by atoms with van der Waals surface area (Å²) >= 11 is 5.82. The number of sulfonamides is 1. The van der Waals surface area contributed by atoms with Gasteiger partial charge < -0.3 is 5.32 Å². The summed E-state index contributed by atoms with van der Waals surface area (Å²) in [6.45, 7) is 1.05. The van der Waals surface area contributed by atoms with Gasteiger partial charge in [-0.15, -0.1) is 0 Å². The fraction of sp³-hybridized carbons (Fsp3) is 0.600. The lowest BCUT2D eigenvalue weighted by Gasteiger charge is -2.16. The Kier molecular flexibility index (Phi) is 6.48. The normalized spacial score (nSPS) is 17.6. The predicted molar refractivity (Wildman–Crippen MR) is 86.1 cm³/mol. The standard InChI is InChI=1S/C15H23ClN2O2S/c16-13-6-5-9-15(12-13)21(19,20)18-11-10-17-14-7-3-1-2-4-8-14/h5-6,9,12,14,17-18H,1-4,7-8,10-11H2. The second kappa shape index (κ2) is 8.13. The van der Waals surface area contributed by atoms with Crippen LogP contribution in [0.2, 0.25) is 5.02 Å². The number of hydrogen-bond acceptors (Lipinski definition) is 3. The van der Waals surface area contributed by atoms with Crippen molar-refractivity contribution in [3.63, 3.8) is 0 Å². The average Bonchev–Trinajstić information content (AvgIpc) is 2.72. The van der Waals surface area contributed by atoms with Gasteiger partial charge in [-0.2, -0.15) is 0 Å². The van der Waals surface area contributed by atoms with E-state index in [-0.39, 0.29) is 4.90 Å². The number of benzene rings is 1. The van der Waals surface area contributed by atoms with Crippen LogP contribution >= 0.6 is 11.6 Å². The molecule has 0 heterocycles. The molecule has 0 amide bonds. The average molecular weight is 331 g/mol. The van der Waals surface area contributed by atoms with Crippen molar-refractivity contribution >= 4 is 21.6 Å². The number of rotatable bonds is 6. The topological polar surface area (TPSA) is 58.2 Å². The molecule has 1 aliphatic rings. The van der Waals surface area contributed by atoms with E-state index in [1.807, 2.05) is 0 Å². The molecule has 0 unspecified atom stereocenters. The molecule has 1 aromatic rings. The van der Waals surface area contributed by atoms with Crippen LogP contribution in [0.25, 0.3) is 0 Å². The fourth-order valence-electron chi connectivity index (χ4n) is 2.66. The van der Waals surface area contributed by atoms with Gasteiger partial charge in [0.25, 0.3) is 0 Å². The Morgan fingerprint density at radius 1 is 1.10 bits per heavy atom. The summed E-state index contributed by atoms with van der Waals surface area (Å²) in [4.78, 5) is 0.212. The highest BCUT2D eigenvalue weighted by atomic mass is 35.5. The lowest BCUT2D eigenvalue weighted by atomic mass is 10.1. The molecule has 21 heavy (non-hydrogen) atoms. The zero-order chi connectivity index (χ0) is 15.1. The Bertz CT molecular complexity index is 540. The van der Waals surface area contributed by atoms with Crippen molar-refractivity contribution in [2.75, 3.05) is 13.1 Å². The van der Waals surface area contributed by atoms with Gasteiger partial charge in [0.05, 0.1) is 4.90 Å². The molecule has 1 saturated carbocycles. The maximum absolute atomic E-state index is 12.1. The molecular formula is C15H23ClN2O2S. The van der Waals surface area contributed by atoms with Crippen LogP contribution in [0.1, 0.15) is 38.5 Å². The quantitative estimate of drug-likeness (QED) is 0.623. The van der Waals surface area contributed by atoms with Crippen molar-refractivity contribution in [3.05, 3.63) is 29.3 Å². The number of hydrogen-bond donors (Lipinski definition) is 2. The van der Waals surface area contributed by atoms with E-state index in [0.29, 0.717) is 24.2 Å². The summed E-state index contributed by atoms with van der Waals surface area (Å²) in [6.07, 6.45) is 7.57. The third-order valence-corrected chi connectivity index (χ3v) is 5.51. The molecule has 0 spiro atoms. The monoisotopic (exact) mass is 330 g/mol. The van der Waals surface area contributed by atoms with E-state index in [0.717, 1.165) is 0 Å². The van der Waals surface area contributed by atoms with E-state index in [1.165, 1.54) is 44.6 Å². The Morgan fingerprint density at radius 3 is 2.48 bits per heavy atom. The van der Waals surface area contributed by atoms with Crippen LogP contribution in [0, 0.1) is 0 Å². The van der Waals surface area contributed by atoms with Gasteiger partial charge in [0.2, 0.25) is 10.0 Å². The Morgan fingerprint density at radius 2 is 1.81 bits per heavy atom. The lowest BCUT2D eigenvalue weighted by Crippen LogP contribution is -2.36. The van der Waals surface area contributed by atoms with Crippen LogP contribution in [0.4, 0.5) is 0 Å². The lowest BCUT2D eigenvalue weighted by molar-refractivity contribution is 0.461. The van der Waals surface area contributed by atoms with Crippen LogP contribution in [0.3, 0.4) is 0 Å². The summed E-state index contributed by atoms with van der Waals surface area (Å²) in [5, 5.41) is 3.87. The van der Waals surface area contributed by atoms with E-state index >= 15 is 0 Å². The Hall–Kier alpha value is -0.620. The first kappa shape index (κ1) is 16.7. The molecule has 0 aromatic heterocycles. The smallest absolute Gasteiger partial charge is 0.240 e. The van der Waals surface area contributed by atoms with E-state index in [1.54, 1.807) is 18.2 Å². The molecule has 4 nitrogen and oxygen atoms in total. The third kappa shape index (κ3) is 5.58. The summed E-state index contributed by atoms with van der Waals surface area (Å²) in [6, 6.07) is 6.84. The van der Waals surface area contributed by atoms with Crippen molar-refractivity contribution in [1.29, 1.82) is 0 Å². The third-order valence-electron chi connectivity index (χ3n) is 3.81. The Balaban J connectivity index is 1.77. The maximum atomic E-state index is 12.1.